The van der Waals surface area contributed by atoms with Crippen molar-refractivity contribution in [3.8, 4) is 5.75 Å². The van der Waals surface area contributed by atoms with Gasteiger partial charge in [0.25, 0.3) is 0 Å². The van der Waals surface area contributed by atoms with Crippen LogP contribution in [0.3, 0.4) is 0 Å². The lowest BCUT2D eigenvalue weighted by Gasteiger charge is -2.48. The zero-order valence-electron chi connectivity index (χ0n) is 12.2. The van der Waals surface area contributed by atoms with Gasteiger partial charge >= 0.3 is 5.97 Å². The Balaban J connectivity index is 1.54. The van der Waals surface area contributed by atoms with E-state index in [1.165, 1.54) is 12.8 Å². The van der Waals surface area contributed by atoms with Crippen molar-refractivity contribution in [1.82, 2.24) is 9.88 Å². The molecule has 5 rings (SSSR count). The number of piperidine rings is 2. The predicted molar refractivity (Wildman–Crippen MR) is 81.2 cm³/mol. The third-order valence-corrected chi connectivity index (χ3v) is 5.19. The van der Waals surface area contributed by atoms with Crippen molar-refractivity contribution >= 4 is 16.9 Å². The molecule has 0 spiro atoms. The summed E-state index contributed by atoms with van der Waals surface area (Å²) in [7, 11) is 2.07. The number of benzene rings is 1. The SMILES string of the molecule is CN1C2CCC(CC2)C1C(=O)Oc1ccc2[nH]ccc2c1. The summed E-state index contributed by atoms with van der Waals surface area (Å²) in [4.78, 5) is 17.9. The number of hydrogen-bond donors (Lipinski definition) is 1. The third kappa shape index (κ3) is 2.14. The van der Waals surface area contributed by atoms with Crippen molar-refractivity contribution < 1.29 is 9.53 Å². The van der Waals surface area contributed by atoms with Crippen molar-refractivity contribution in [2.75, 3.05) is 7.05 Å². The van der Waals surface area contributed by atoms with Gasteiger partial charge in [0.2, 0.25) is 0 Å². The van der Waals surface area contributed by atoms with E-state index < -0.39 is 0 Å². The molecule has 2 bridgehead atoms. The van der Waals surface area contributed by atoms with E-state index in [4.69, 9.17) is 4.74 Å². The number of nitrogens with one attached hydrogen (secondary N) is 1. The Morgan fingerprint density at radius 2 is 2.05 bits per heavy atom. The number of H-pyrrole nitrogens is 1. The number of nitrogens with zero attached hydrogens (tertiary/aromatic N) is 1. The number of aromatic nitrogens is 1. The van der Waals surface area contributed by atoms with Gasteiger partial charge in [-0.25, -0.2) is 4.79 Å². The molecule has 1 aliphatic carbocycles. The molecular formula is C17H20N2O2. The minimum absolute atomic E-state index is 0.0700. The van der Waals surface area contributed by atoms with Gasteiger partial charge in [-0.1, -0.05) is 0 Å². The Morgan fingerprint density at radius 3 is 2.81 bits per heavy atom. The molecule has 0 radical (unpaired) electrons. The maximum atomic E-state index is 12.6. The molecule has 4 heteroatoms. The lowest BCUT2D eigenvalue weighted by atomic mass is 9.75. The molecule has 3 fully saturated rings. The zero-order valence-corrected chi connectivity index (χ0v) is 12.2. The lowest BCUT2D eigenvalue weighted by molar-refractivity contribution is -0.148. The number of hydrogen-bond acceptors (Lipinski definition) is 3. The first-order valence-electron chi connectivity index (χ1n) is 7.73. The Labute approximate surface area is 124 Å². The van der Waals surface area contributed by atoms with E-state index in [1.807, 2.05) is 30.5 Å². The van der Waals surface area contributed by atoms with Gasteiger partial charge in [0.05, 0.1) is 0 Å². The minimum Gasteiger partial charge on any atom is -0.425 e. The second-order valence-electron chi connectivity index (χ2n) is 6.33. The van der Waals surface area contributed by atoms with E-state index in [2.05, 4.69) is 16.9 Å². The van der Waals surface area contributed by atoms with Gasteiger partial charge in [0.15, 0.2) is 0 Å². The molecule has 3 heterocycles. The topological polar surface area (TPSA) is 45.3 Å². The maximum Gasteiger partial charge on any atom is 0.329 e. The summed E-state index contributed by atoms with van der Waals surface area (Å²) in [6, 6.07) is 8.21. The van der Waals surface area contributed by atoms with Crippen molar-refractivity contribution in [3.63, 3.8) is 0 Å². The highest BCUT2D eigenvalue weighted by Crippen LogP contribution is 2.39. The highest BCUT2D eigenvalue weighted by molar-refractivity contribution is 5.83. The summed E-state index contributed by atoms with van der Waals surface area (Å²) >= 11 is 0. The highest BCUT2D eigenvalue weighted by Gasteiger charge is 2.44. The van der Waals surface area contributed by atoms with Gasteiger partial charge in [-0.2, -0.15) is 0 Å². The van der Waals surface area contributed by atoms with E-state index in [-0.39, 0.29) is 12.0 Å². The summed E-state index contributed by atoms with van der Waals surface area (Å²) in [6.07, 6.45) is 6.65. The summed E-state index contributed by atoms with van der Waals surface area (Å²) in [5.41, 5.74) is 1.06. The molecule has 21 heavy (non-hydrogen) atoms. The van der Waals surface area contributed by atoms with Gasteiger partial charge < -0.3 is 9.72 Å². The van der Waals surface area contributed by atoms with Crippen LogP contribution in [0.15, 0.2) is 30.5 Å². The van der Waals surface area contributed by atoms with E-state index >= 15 is 0 Å². The van der Waals surface area contributed by atoms with Crippen molar-refractivity contribution in [3.05, 3.63) is 30.5 Å². The molecule has 4 nitrogen and oxygen atoms in total. The lowest BCUT2D eigenvalue weighted by Crippen LogP contribution is -2.57. The second-order valence-corrected chi connectivity index (χ2v) is 6.33. The number of ether oxygens (including phenoxy) is 1. The number of fused-ring (bicyclic) bond motifs is 4. The first-order valence-corrected chi connectivity index (χ1v) is 7.73. The van der Waals surface area contributed by atoms with Crippen molar-refractivity contribution in [1.29, 1.82) is 0 Å². The van der Waals surface area contributed by atoms with Gasteiger partial charge in [-0.3, -0.25) is 4.90 Å². The van der Waals surface area contributed by atoms with Crippen LogP contribution < -0.4 is 4.74 Å². The van der Waals surface area contributed by atoms with Crippen LogP contribution in [-0.2, 0) is 4.79 Å². The first-order chi connectivity index (χ1) is 10.2. The first kappa shape index (κ1) is 12.9. The largest absolute Gasteiger partial charge is 0.425 e. The van der Waals surface area contributed by atoms with Crippen LogP contribution in [0.4, 0.5) is 0 Å². The molecule has 2 aliphatic heterocycles. The van der Waals surface area contributed by atoms with Crippen LogP contribution in [0.5, 0.6) is 5.75 Å². The Morgan fingerprint density at radius 1 is 1.24 bits per heavy atom. The molecule has 1 aromatic carbocycles. The fraction of sp³-hybridized carbons (Fsp3) is 0.471. The number of carbonyl (C=O) groups is 1. The minimum atomic E-state index is -0.0956. The number of likely N-dealkylation sites (N-methyl/N-ethyl adjacent to an activating group) is 1. The molecule has 3 aliphatic rings. The summed E-state index contributed by atoms with van der Waals surface area (Å²) < 4.78 is 5.66. The second kappa shape index (κ2) is 4.88. The predicted octanol–water partition coefficient (Wildman–Crippen LogP) is 2.95. The van der Waals surface area contributed by atoms with Crippen LogP contribution in [-0.4, -0.2) is 35.0 Å². The van der Waals surface area contributed by atoms with Crippen molar-refractivity contribution in [2.45, 2.75) is 37.8 Å². The van der Waals surface area contributed by atoms with Gasteiger partial charge in [-0.15, -0.1) is 0 Å². The average molecular weight is 284 g/mol. The molecule has 1 aromatic heterocycles. The van der Waals surface area contributed by atoms with Crippen LogP contribution >= 0.6 is 0 Å². The van der Waals surface area contributed by atoms with Crippen LogP contribution in [0, 0.1) is 5.92 Å². The third-order valence-electron chi connectivity index (χ3n) is 5.19. The van der Waals surface area contributed by atoms with E-state index in [0.717, 1.165) is 23.7 Å². The molecule has 1 atom stereocenters. The standard InChI is InChI=1S/C17H20N2O2/c1-19-13-4-2-11(3-5-13)16(19)17(20)21-14-6-7-15-12(10-14)8-9-18-15/h6-11,13,16,18H,2-5H2,1H3. The van der Waals surface area contributed by atoms with E-state index in [9.17, 15) is 4.79 Å². The van der Waals surface area contributed by atoms with Crippen molar-refractivity contribution in [2.24, 2.45) is 5.92 Å². The fourth-order valence-corrected chi connectivity index (χ4v) is 4.01. The Kier molecular flexibility index (Phi) is 3.00. The van der Waals surface area contributed by atoms with Gasteiger partial charge in [-0.05, 0) is 62.9 Å². The normalized spacial score (nSPS) is 28.9. The molecule has 0 amide bonds. The fourth-order valence-electron chi connectivity index (χ4n) is 4.01. The molecule has 1 N–H and O–H groups in total. The van der Waals surface area contributed by atoms with Crippen LogP contribution in [0.2, 0.25) is 0 Å². The van der Waals surface area contributed by atoms with Gasteiger partial charge in [0.1, 0.15) is 11.8 Å². The Hall–Kier alpha value is -1.81. The monoisotopic (exact) mass is 284 g/mol. The molecular weight excluding hydrogens is 264 g/mol. The summed E-state index contributed by atoms with van der Waals surface area (Å²) in [6.45, 7) is 0. The van der Waals surface area contributed by atoms with Crippen LogP contribution in [0.25, 0.3) is 10.9 Å². The number of rotatable bonds is 2. The van der Waals surface area contributed by atoms with E-state index in [0.29, 0.717) is 17.7 Å². The Bertz CT molecular complexity index is 668. The number of aromatic amines is 1. The quantitative estimate of drug-likeness (QED) is 0.681. The number of esters is 1. The maximum absolute atomic E-state index is 12.6. The average Bonchev–Trinajstić information content (AvgIpc) is 2.95. The number of carbonyl (C=O) groups excluding carboxylic acids is 1. The zero-order chi connectivity index (χ0) is 14.4. The molecule has 2 saturated heterocycles. The molecule has 110 valence electrons. The molecule has 2 aromatic rings. The van der Waals surface area contributed by atoms with Gasteiger partial charge in [0, 0.05) is 23.1 Å². The summed E-state index contributed by atoms with van der Waals surface area (Å²) in [5.74, 6) is 1.01. The van der Waals surface area contributed by atoms with E-state index in [1.54, 1.807) is 0 Å². The van der Waals surface area contributed by atoms with Crippen LogP contribution in [0.1, 0.15) is 25.7 Å². The molecule has 1 unspecified atom stereocenters. The highest BCUT2D eigenvalue weighted by atomic mass is 16.5. The smallest absolute Gasteiger partial charge is 0.329 e. The summed E-state index contributed by atoms with van der Waals surface area (Å²) in [5, 5.41) is 1.07. The molecule has 1 saturated carbocycles.